The van der Waals surface area contributed by atoms with Crippen molar-refractivity contribution in [3.8, 4) is 11.1 Å². The molecular formula is C26H22F2N6O6. The third-order valence-corrected chi connectivity index (χ3v) is 6.46. The molecule has 6 rings (SSSR count). The van der Waals surface area contributed by atoms with Gasteiger partial charge in [-0.1, -0.05) is 10.3 Å². The van der Waals surface area contributed by atoms with Gasteiger partial charge in [0, 0.05) is 23.3 Å². The fraction of sp³-hybridized carbons (Fsp3) is 0.231. The maximum absolute atomic E-state index is 15.2. The second-order valence-corrected chi connectivity index (χ2v) is 9.09. The van der Waals surface area contributed by atoms with Crippen LogP contribution in [0.15, 0.2) is 70.1 Å². The van der Waals surface area contributed by atoms with E-state index in [1.165, 1.54) is 46.6 Å². The van der Waals surface area contributed by atoms with Crippen LogP contribution >= 0.6 is 0 Å². The molecule has 2 aliphatic heterocycles. The lowest BCUT2D eigenvalue weighted by atomic mass is 10.0. The summed E-state index contributed by atoms with van der Waals surface area (Å²) >= 11 is 0. The van der Waals surface area contributed by atoms with Crippen LogP contribution in [0.5, 0.6) is 0 Å². The standard InChI is InChI=1S/C26H22F2N6O6/c27-21-9-15(33-13-17(39-25(33)35)11-29-23-5-7-37-31-23)1-3-19(21)20-4-2-16(10-22(20)28)34-14-18(40-26(34)36)12-30-24-6-8-38-32-24/h1-10,17-18H,11-14H2,(H,29,31)(H,30,32)/t17-,18-/m0/s1. The maximum Gasteiger partial charge on any atom is 0.414 e. The Morgan fingerprint density at radius 3 is 1.55 bits per heavy atom. The van der Waals surface area contributed by atoms with E-state index in [9.17, 15) is 9.59 Å². The van der Waals surface area contributed by atoms with Gasteiger partial charge < -0.3 is 29.2 Å². The van der Waals surface area contributed by atoms with Crippen molar-refractivity contribution in [3.63, 3.8) is 0 Å². The largest absolute Gasteiger partial charge is 0.442 e. The van der Waals surface area contributed by atoms with Crippen molar-refractivity contribution < 1.29 is 36.9 Å². The summed E-state index contributed by atoms with van der Waals surface area (Å²) < 4.78 is 50.5. The Balaban J connectivity index is 1.11. The molecular weight excluding hydrogens is 530 g/mol. The number of halogens is 2. The molecule has 0 radical (unpaired) electrons. The van der Waals surface area contributed by atoms with E-state index >= 15 is 8.78 Å². The monoisotopic (exact) mass is 552 g/mol. The molecule has 4 aromatic rings. The Morgan fingerprint density at radius 2 is 1.18 bits per heavy atom. The van der Waals surface area contributed by atoms with Gasteiger partial charge in [0.25, 0.3) is 0 Å². The third kappa shape index (κ3) is 5.10. The highest BCUT2D eigenvalue weighted by Crippen LogP contribution is 2.33. The summed E-state index contributed by atoms with van der Waals surface area (Å²) in [6.45, 7) is 0.950. The number of nitrogens with zero attached hydrogens (tertiary/aromatic N) is 4. The van der Waals surface area contributed by atoms with Crippen molar-refractivity contribution in [2.45, 2.75) is 12.2 Å². The van der Waals surface area contributed by atoms with Gasteiger partial charge in [0.2, 0.25) is 0 Å². The maximum atomic E-state index is 15.2. The van der Waals surface area contributed by atoms with Crippen molar-refractivity contribution in [2.75, 3.05) is 46.6 Å². The topological polar surface area (TPSA) is 135 Å². The number of amides is 2. The van der Waals surface area contributed by atoms with Crippen molar-refractivity contribution in [1.29, 1.82) is 0 Å². The molecule has 14 heteroatoms. The van der Waals surface area contributed by atoms with Crippen LogP contribution in [-0.4, -0.2) is 60.9 Å². The number of carbonyl (C=O) groups excluding carboxylic acids is 2. The van der Waals surface area contributed by atoms with E-state index in [2.05, 4.69) is 20.9 Å². The number of carbonyl (C=O) groups is 2. The average Bonchev–Trinajstić information content (AvgIpc) is 3.75. The first kappa shape index (κ1) is 25.2. The molecule has 2 atom stereocenters. The van der Waals surface area contributed by atoms with E-state index in [1.807, 2.05) is 0 Å². The van der Waals surface area contributed by atoms with E-state index in [0.717, 1.165) is 12.1 Å². The van der Waals surface area contributed by atoms with E-state index in [4.69, 9.17) is 18.5 Å². The summed E-state index contributed by atoms with van der Waals surface area (Å²) in [5.74, 6) is -0.444. The van der Waals surface area contributed by atoms with Gasteiger partial charge in [-0.3, -0.25) is 9.80 Å². The highest BCUT2D eigenvalue weighted by Gasteiger charge is 2.34. The number of cyclic esters (lactones) is 2. The van der Waals surface area contributed by atoms with Gasteiger partial charge in [0.1, 0.15) is 36.4 Å². The second kappa shape index (κ2) is 10.6. The number of aromatic nitrogens is 2. The molecule has 2 fully saturated rings. The number of hydrogen-bond donors (Lipinski definition) is 2. The Morgan fingerprint density at radius 1 is 0.725 bits per heavy atom. The summed E-state index contributed by atoms with van der Waals surface area (Å²) in [7, 11) is 0. The summed E-state index contributed by atoms with van der Waals surface area (Å²) in [6, 6.07) is 11.4. The van der Waals surface area contributed by atoms with Gasteiger partial charge in [-0.05, 0) is 36.4 Å². The van der Waals surface area contributed by atoms with Crippen molar-refractivity contribution in [2.24, 2.45) is 0 Å². The normalized spacial score (nSPS) is 18.6. The molecule has 0 unspecified atom stereocenters. The van der Waals surface area contributed by atoms with Gasteiger partial charge in [0.15, 0.2) is 11.6 Å². The van der Waals surface area contributed by atoms with Crippen LogP contribution in [0.25, 0.3) is 11.1 Å². The minimum atomic E-state index is -0.722. The molecule has 4 heterocycles. The van der Waals surface area contributed by atoms with Crippen molar-refractivity contribution in [3.05, 3.63) is 72.7 Å². The number of rotatable bonds is 9. The van der Waals surface area contributed by atoms with Crippen LogP contribution in [0.2, 0.25) is 0 Å². The highest BCUT2D eigenvalue weighted by molar-refractivity contribution is 5.91. The van der Waals surface area contributed by atoms with Crippen molar-refractivity contribution in [1.82, 2.24) is 10.3 Å². The fourth-order valence-corrected chi connectivity index (χ4v) is 4.50. The van der Waals surface area contributed by atoms with Crippen LogP contribution in [0.1, 0.15) is 0 Å². The van der Waals surface area contributed by atoms with Gasteiger partial charge in [-0.25, -0.2) is 18.4 Å². The van der Waals surface area contributed by atoms with Crippen LogP contribution in [0.4, 0.5) is 41.4 Å². The molecule has 2 amide bonds. The molecule has 2 aromatic carbocycles. The molecule has 0 saturated carbocycles. The molecule has 2 aliphatic rings. The second-order valence-electron chi connectivity index (χ2n) is 9.09. The van der Waals surface area contributed by atoms with Crippen LogP contribution in [-0.2, 0) is 9.47 Å². The Hall–Kier alpha value is -5.14. The molecule has 2 saturated heterocycles. The first-order valence-electron chi connectivity index (χ1n) is 12.3. The quantitative estimate of drug-likeness (QED) is 0.306. The number of hydrogen-bond acceptors (Lipinski definition) is 10. The van der Waals surface area contributed by atoms with Gasteiger partial charge >= 0.3 is 12.2 Å². The van der Waals surface area contributed by atoms with Crippen LogP contribution < -0.4 is 20.4 Å². The van der Waals surface area contributed by atoms with Gasteiger partial charge in [-0.15, -0.1) is 0 Å². The zero-order valence-electron chi connectivity index (χ0n) is 20.8. The van der Waals surface area contributed by atoms with E-state index in [-0.39, 0.29) is 48.7 Å². The SMILES string of the molecule is O=C1O[C@@H](CNc2ccon2)CN1c1ccc(-c2ccc(N3C[C@H](CNc4ccon4)OC3=O)cc2F)c(F)c1. The van der Waals surface area contributed by atoms with Gasteiger partial charge in [-0.2, -0.15) is 0 Å². The Kier molecular flexibility index (Phi) is 6.64. The first-order valence-corrected chi connectivity index (χ1v) is 12.3. The average molecular weight is 552 g/mol. The lowest BCUT2D eigenvalue weighted by Gasteiger charge is -2.16. The number of ether oxygens (including phenoxy) is 2. The zero-order valence-corrected chi connectivity index (χ0v) is 20.8. The summed E-state index contributed by atoms with van der Waals surface area (Å²) in [5.41, 5.74) is 0.557. The Bertz CT molecular complexity index is 1400. The first-order chi connectivity index (χ1) is 19.4. The fourth-order valence-electron chi connectivity index (χ4n) is 4.50. The molecule has 206 valence electrons. The zero-order chi connectivity index (χ0) is 27.6. The minimum Gasteiger partial charge on any atom is -0.442 e. The summed E-state index contributed by atoms with van der Waals surface area (Å²) in [6.07, 6.45) is 0.586. The summed E-state index contributed by atoms with van der Waals surface area (Å²) in [5, 5.41) is 13.4. The van der Waals surface area contributed by atoms with E-state index in [0.29, 0.717) is 11.6 Å². The minimum absolute atomic E-state index is 0.00306. The van der Waals surface area contributed by atoms with Crippen LogP contribution in [0.3, 0.4) is 0 Å². The highest BCUT2D eigenvalue weighted by atomic mass is 19.1. The summed E-state index contributed by atoms with van der Waals surface area (Å²) in [4.78, 5) is 27.4. The molecule has 12 nitrogen and oxygen atoms in total. The van der Waals surface area contributed by atoms with Crippen molar-refractivity contribution >= 4 is 35.2 Å². The lowest BCUT2D eigenvalue weighted by Crippen LogP contribution is -2.27. The lowest BCUT2D eigenvalue weighted by molar-refractivity contribution is 0.146. The van der Waals surface area contributed by atoms with E-state index < -0.39 is 36.0 Å². The van der Waals surface area contributed by atoms with Gasteiger partial charge in [0.05, 0.1) is 37.6 Å². The smallest absolute Gasteiger partial charge is 0.414 e. The predicted molar refractivity (Wildman–Crippen MR) is 137 cm³/mol. The van der Waals surface area contributed by atoms with E-state index in [1.54, 1.807) is 12.1 Å². The predicted octanol–water partition coefficient (Wildman–Crippen LogP) is 4.48. The Labute approximate surface area is 225 Å². The number of benzene rings is 2. The molecule has 0 aliphatic carbocycles. The van der Waals surface area contributed by atoms with Crippen LogP contribution in [0, 0.1) is 11.6 Å². The molecule has 0 bridgehead atoms. The third-order valence-electron chi connectivity index (χ3n) is 6.46. The number of anilines is 4. The molecule has 2 N–H and O–H groups in total. The number of nitrogens with one attached hydrogen (secondary N) is 2. The molecule has 2 aromatic heterocycles. The molecule has 0 spiro atoms. The molecule has 40 heavy (non-hydrogen) atoms.